The number of aryl methyl sites for hydroxylation is 1. The zero-order valence-electron chi connectivity index (χ0n) is 25.1. The van der Waals surface area contributed by atoms with E-state index in [1.165, 1.54) is 26.0 Å². The third-order valence-corrected chi connectivity index (χ3v) is 8.87. The van der Waals surface area contributed by atoms with Gasteiger partial charge in [-0.05, 0) is 74.9 Å². The van der Waals surface area contributed by atoms with Crippen molar-refractivity contribution >= 4 is 22.7 Å². The number of likely N-dealkylation sites (tertiary alicyclic amines) is 1. The number of fused-ring (bicyclic) bond motifs is 1. The average molecular weight is 597 g/mol. The quantitative estimate of drug-likeness (QED) is 0.257. The molecule has 0 radical (unpaired) electrons. The highest BCUT2D eigenvalue weighted by atomic mass is 19.1. The molecule has 228 valence electrons. The zero-order chi connectivity index (χ0) is 30.6. The third-order valence-electron chi connectivity index (χ3n) is 8.87. The zero-order valence-corrected chi connectivity index (χ0v) is 25.1. The van der Waals surface area contributed by atoms with Crippen molar-refractivity contribution in [3.8, 4) is 17.0 Å². The van der Waals surface area contributed by atoms with E-state index in [2.05, 4.69) is 37.9 Å². The summed E-state index contributed by atoms with van der Waals surface area (Å²) in [6.07, 6.45) is 7.57. The van der Waals surface area contributed by atoms with Crippen LogP contribution in [0, 0.1) is 30.8 Å². The molecule has 0 bridgehead atoms. The van der Waals surface area contributed by atoms with Gasteiger partial charge in [0, 0.05) is 60.1 Å². The van der Waals surface area contributed by atoms with E-state index in [1.54, 1.807) is 12.3 Å². The summed E-state index contributed by atoms with van der Waals surface area (Å²) in [5.41, 5.74) is 4.20. The fourth-order valence-electron chi connectivity index (χ4n) is 6.51. The number of nitrogens with one attached hydrogen (secondary N) is 3. The molecule has 9 nitrogen and oxygen atoms in total. The SMILES string of the molecule is COc1c#ccc(F)c1CN1C[C@H](NC(=O)c2ccc3[nH]nc(-c4ccnc(C)c4)c3c2)CC[C@H]1C(=O)NCC1CCCC1. The van der Waals surface area contributed by atoms with E-state index in [0.29, 0.717) is 43.0 Å². The van der Waals surface area contributed by atoms with Crippen LogP contribution < -0.4 is 15.4 Å². The number of rotatable bonds is 9. The first-order valence-electron chi connectivity index (χ1n) is 15.3. The number of aromatic nitrogens is 3. The average Bonchev–Trinajstić information content (AvgIpc) is 3.71. The molecule has 10 heteroatoms. The van der Waals surface area contributed by atoms with Crippen molar-refractivity contribution < 1.29 is 18.7 Å². The number of halogens is 1. The van der Waals surface area contributed by atoms with Crippen LogP contribution in [0.15, 0.2) is 42.6 Å². The molecule has 2 amide bonds. The Balaban J connectivity index is 1.19. The molecule has 1 aliphatic carbocycles. The molecule has 4 aromatic rings. The summed E-state index contributed by atoms with van der Waals surface area (Å²) in [7, 11) is 1.46. The van der Waals surface area contributed by atoms with Gasteiger partial charge in [-0.15, -0.1) is 0 Å². The number of carbonyl (C=O) groups excluding carboxylic acids is 2. The van der Waals surface area contributed by atoms with Crippen molar-refractivity contribution in [1.82, 2.24) is 30.7 Å². The number of ether oxygens (including phenoxy) is 1. The number of benzene rings is 1. The van der Waals surface area contributed by atoms with Gasteiger partial charge in [0.25, 0.3) is 5.91 Å². The van der Waals surface area contributed by atoms with Crippen molar-refractivity contribution in [2.45, 2.75) is 64.1 Å². The monoisotopic (exact) mass is 596 g/mol. The highest BCUT2D eigenvalue weighted by Crippen LogP contribution is 2.29. The number of hydrogen-bond acceptors (Lipinski definition) is 6. The number of amides is 2. The van der Waals surface area contributed by atoms with Crippen molar-refractivity contribution in [3.63, 3.8) is 0 Å². The van der Waals surface area contributed by atoms with Gasteiger partial charge in [-0.1, -0.05) is 18.9 Å². The molecule has 3 heterocycles. The number of carbonyl (C=O) groups is 2. The second-order valence-corrected chi connectivity index (χ2v) is 11.9. The van der Waals surface area contributed by atoms with Crippen molar-refractivity contribution in [1.29, 1.82) is 0 Å². The van der Waals surface area contributed by atoms with E-state index in [9.17, 15) is 14.0 Å². The molecule has 1 saturated carbocycles. The Morgan fingerprint density at radius 3 is 2.80 bits per heavy atom. The van der Waals surface area contributed by atoms with Gasteiger partial charge < -0.3 is 15.4 Å². The number of H-pyrrole nitrogens is 1. The van der Waals surface area contributed by atoms with E-state index in [-0.39, 0.29) is 30.2 Å². The number of aromatic amines is 1. The second kappa shape index (κ2) is 13.0. The van der Waals surface area contributed by atoms with Crippen LogP contribution in [0.2, 0.25) is 0 Å². The number of hydrogen-bond donors (Lipinski definition) is 3. The fraction of sp³-hybridized carbons (Fsp3) is 0.412. The van der Waals surface area contributed by atoms with Crippen molar-refractivity contribution in [2.75, 3.05) is 20.2 Å². The molecular weight excluding hydrogens is 559 g/mol. The Kier molecular flexibility index (Phi) is 8.75. The molecule has 0 spiro atoms. The van der Waals surface area contributed by atoms with Crippen molar-refractivity contribution in [2.24, 2.45) is 5.92 Å². The first-order valence-corrected chi connectivity index (χ1v) is 15.3. The summed E-state index contributed by atoms with van der Waals surface area (Å²) in [4.78, 5) is 33.2. The molecular formula is C34H37FN6O3. The summed E-state index contributed by atoms with van der Waals surface area (Å²) in [6.45, 7) is 3.10. The van der Waals surface area contributed by atoms with Crippen LogP contribution in [0.5, 0.6) is 5.75 Å². The topological polar surface area (TPSA) is 112 Å². The van der Waals surface area contributed by atoms with Gasteiger partial charge in [0.1, 0.15) is 11.5 Å². The van der Waals surface area contributed by atoms with Crippen LogP contribution in [0.25, 0.3) is 22.2 Å². The first kappa shape index (κ1) is 29.6. The summed E-state index contributed by atoms with van der Waals surface area (Å²) >= 11 is 0. The van der Waals surface area contributed by atoms with Gasteiger partial charge in [0.2, 0.25) is 5.91 Å². The van der Waals surface area contributed by atoms with Crippen LogP contribution in [0.4, 0.5) is 4.39 Å². The number of pyridine rings is 1. The smallest absolute Gasteiger partial charge is 0.251 e. The van der Waals surface area contributed by atoms with E-state index >= 15 is 0 Å². The van der Waals surface area contributed by atoms with Crippen LogP contribution in [0.1, 0.15) is 60.1 Å². The van der Waals surface area contributed by atoms with E-state index in [4.69, 9.17) is 4.74 Å². The predicted octanol–water partition coefficient (Wildman–Crippen LogP) is 4.75. The first-order chi connectivity index (χ1) is 21.4. The minimum Gasteiger partial charge on any atom is -0.488 e. The van der Waals surface area contributed by atoms with Gasteiger partial charge in [0.05, 0.1) is 24.2 Å². The maximum absolute atomic E-state index is 14.9. The van der Waals surface area contributed by atoms with E-state index < -0.39 is 11.9 Å². The molecule has 2 aromatic heterocycles. The summed E-state index contributed by atoms with van der Waals surface area (Å²) in [5.74, 6) is 0.0260. The maximum Gasteiger partial charge on any atom is 0.251 e. The lowest BCUT2D eigenvalue weighted by molar-refractivity contribution is -0.128. The van der Waals surface area contributed by atoms with Crippen LogP contribution >= 0.6 is 0 Å². The highest BCUT2D eigenvalue weighted by Gasteiger charge is 2.35. The molecule has 0 unspecified atom stereocenters. The number of nitrogens with zero attached hydrogens (tertiary/aromatic N) is 3. The largest absolute Gasteiger partial charge is 0.488 e. The molecule has 44 heavy (non-hydrogen) atoms. The summed E-state index contributed by atoms with van der Waals surface area (Å²) in [6, 6.07) is 15.3. The van der Waals surface area contributed by atoms with Crippen LogP contribution in [-0.4, -0.2) is 64.2 Å². The lowest BCUT2D eigenvalue weighted by Gasteiger charge is -2.39. The normalized spacial score (nSPS) is 19.1. The lowest BCUT2D eigenvalue weighted by atomic mass is 9.95. The van der Waals surface area contributed by atoms with Gasteiger partial charge in [-0.3, -0.25) is 24.6 Å². The van der Waals surface area contributed by atoms with E-state index in [1.807, 2.05) is 36.1 Å². The van der Waals surface area contributed by atoms with Gasteiger partial charge >= 0.3 is 0 Å². The summed E-state index contributed by atoms with van der Waals surface area (Å²) < 4.78 is 20.3. The minimum atomic E-state index is -0.467. The molecule has 3 N–H and O–H groups in total. The molecule has 2 atom stereocenters. The standard InChI is InChI=1S/C34H37FN6O3/c1-21-16-23(14-15-36-21)32-26-17-24(10-12-29(26)39-40-32)33(42)38-25-11-13-30(34(43)37-18-22-6-3-4-7-22)41(19-25)20-27-28(35)8-5-9-31(27)44-2/h8,10,12,14-17,22,25,30H,3-4,6-7,11,13,18-20H2,1-2H3,(H,37,43)(H,38,42)(H,39,40)/t25-,30+/m1/s1. The number of methoxy groups -OCH3 is 1. The lowest BCUT2D eigenvalue weighted by Crippen LogP contribution is -2.56. The molecule has 2 fully saturated rings. The molecule has 1 aliphatic heterocycles. The maximum atomic E-state index is 14.9. The molecule has 1 saturated heterocycles. The van der Waals surface area contributed by atoms with Crippen molar-refractivity contribution in [3.05, 3.63) is 77.4 Å². The Morgan fingerprint density at radius 2 is 2.00 bits per heavy atom. The minimum absolute atomic E-state index is 0.0585. The Morgan fingerprint density at radius 1 is 1.16 bits per heavy atom. The van der Waals surface area contributed by atoms with Gasteiger partial charge in [-0.25, -0.2) is 4.39 Å². The van der Waals surface area contributed by atoms with Crippen LogP contribution in [0.3, 0.4) is 0 Å². The third kappa shape index (κ3) is 6.38. The highest BCUT2D eigenvalue weighted by molar-refractivity contribution is 6.01. The Hall–Kier alpha value is -4.49. The molecule has 6 rings (SSSR count). The van der Waals surface area contributed by atoms with Gasteiger partial charge in [0.15, 0.2) is 5.75 Å². The number of piperidine rings is 1. The predicted molar refractivity (Wildman–Crippen MR) is 164 cm³/mol. The van der Waals surface area contributed by atoms with Gasteiger partial charge in [-0.2, -0.15) is 5.10 Å². The molecule has 2 aromatic carbocycles. The molecule has 2 aliphatic rings. The Bertz CT molecular complexity index is 1650. The van der Waals surface area contributed by atoms with Crippen LogP contribution in [-0.2, 0) is 11.3 Å². The van der Waals surface area contributed by atoms with E-state index in [0.717, 1.165) is 40.7 Å². The Labute approximate surface area is 256 Å². The summed E-state index contributed by atoms with van der Waals surface area (Å²) in [5, 5.41) is 14.7. The second-order valence-electron chi connectivity index (χ2n) is 11.9. The fourth-order valence-corrected chi connectivity index (χ4v) is 6.51.